The van der Waals surface area contributed by atoms with E-state index in [1.54, 1.807) is 6.07 Å². The Bertz CT molecular complexity index is 301. The summed E-state index contributed by atoms with van der Waals surface area (Å²) in [5.41, 5.74) is 7.21. The highest BCUT2D eigenvalue weighted by Gasteiger charge is 2.25. The van der Waals surface area contributed by atoms with Crippen molar-refractivity contribution < 1.29 is 5.11 Å². The molecule has 70 valence electrons. The van der Waals surface area contributed by atoms with Gasteiger partial charge in [-0.25, -0.2) is 5.43 Å². The molecule has 1 aromatic carbocycles. The van der Waals surface area contributed by atoms with Crippen molar-refractivity contribution in [3.8, 4) is 5.75 Å². The molecule has 3 N–H and O–H groups in total. The van der Waals surface area contributed by atoms with Crippen LogP contribution in [0.4, 0.5) is 0 Å². The van der Waals surface area contributed by atoms with Crippen molar-refractivity contribution in [3.05, 3.63) is 29.8 Å². The van der Waals surface area contributed by atoms with Crippen molar-refractivity contribution in [2.75, 3.05) is 6.54 Å². The van der Waals surface area contributed by atoms with Crippen LogP contribution in [0.3, 0.4) is 0 Å². The molecular weight excluding hydrogens is 164 g/mol. The average molecular weight is 178 g/mol. The zero-order valence-corrected chi connectivity index (χ0v) is 7.62. The Morgan fingerprint density at radius 1 is 1.38 bits per heavy atom. The van der Waals surface area contributed by atoms with Gasteiger partial charge in [0.25, 0.3) is 0 Å². The molecule has 3 nitrogen and oxygen atoms in total. The maximum atomic E-state index is 9.62. The molecule has 1 fully saturated rings. The quantitative estimate of drug-likeness (QED) is 0.605. The van der Waals surface area contributed by atoms with Crippen LogP contribution in [0.25, 0.3) is 0 Å². The van der Waals surface area contributed by atoms with E-state index in [1.807, 2.05) is 18.2 Å². The molecule has 0 saturated carbocycles. The summed E-state index contributed by atoms with van der Waals surface area (Å²) < 4.78 is 0. The lowest BCUT2D eigenvalue weighted by Crippen LogP contribution is -2.24. The average Bonchev–Trinajstić information content (AvgIpc) is 2.52. The highest BCUT2D eigenvalue weighted by Crippen LogP contribution is 2.30. The van der Waals surface area contributed by atoms with Crippen LogP contribution in [0.2, 0.25) is 0 Å². The summed E-state index contributed by atoms with van der Waals surface area (Å²) >= 11 is 0. The van der Waals surface area contributed by atoms with Crippen LogP contribution >= 0.6 is 0 Å². The minimum absolute atomic E-state index is 0.223. The lowest BCUT2D eigenvalue weighted by molar-refractivity contribution is 0.436. The van der Waals surface area contributed by atoms with Crippen LogP contribution in [0.1, 0.15) is 18.5 Å². The van der Waals surface area contributed by atoms with Gasteiger partial charge >= 0.3 is 0 Å². The van der Waals surface area contributed by atoms with Gasteiger partial charge in [0.2, 0.25) is 0 Å². The Labute approximate surface area is 77.7 Å². The Morgan fingerprint density at radius 2 is 2.15 bits per heavy atom. The number of para-hydroxylation sites is 1. The molecule has 2 rings (SSSR count). The van der Waals surface area contributed by atoms with Crippen molar-refractivity contribution in [2.45, 2.75) is 13.0 Å². The number of benzene rings is 1. The SMILES string of the molecule is CC1CNNC1c1ccccc1O. The molecule has 0 amide bonds. The molecule has 1 aliphatic rings. The maximum absolute atomic E-state index is 9.62. The largest absolute Gasteiger partial charge is 0.508 e. The van der Waals surface area contributed by atoms with Crippen LogP contribution in [0.5, 0.6) is 5.75 Å². The fourth-order valence-electron chi connectivity index (χ4n) is 1.72. The Hall–Kier alpha value is -1.06. The lowest BCUT2D eigenvalue weighted by Gasteiger charge is -2.15. The zero-order valence-electron chi connectivity index (χ0n) is 7.62. The van der Waals surface area contributed by atoms with Gasteiger partial charge in [-0.2, -0.15) is 0 Å². The number of aromatic hydroxyl groups is 1. The first-order valence-electron chi connectivity index (χ1n) is 4.55. The number of rotatable bonds is 1. The number of hydrazine groups is 1. The van der Waals surface area contributed by atoms with Gasteiger partial charge in [0.15, 0.2) is 0 Å². The highest BCUT2D eigenvalue weighted by atomic mass is 16.3. The second-order valence-electron chi connectivity index (χ2n) is 3.54. The van der Waals surface area contributed by atoms with Crippen LogP contribution in [-0.4, -0.2) is 11.7 Å². The molecular formula is C10H14N2O. The van der Waals surface area contributed by atoms with E-state index in [4.69, 9.17) is 0 Å². The first-order chi connectivity index (χ1) is 6.29. The molecule has 0 spiro atoms. The molecule has 0 radical (unpaired) electrons. The third kappa shape index (κ3) is 1.53. The minimum Gasteiger partial charge on any atom is -0.508 e. The number of hydrogen-bond donors (Lipinski definition) is 3. The van der Waals surface area contributed by atoms with E-state index in [0.717, 1.165) is 12.1 Å². The van der Waals surface area contributed by atoms with E-state index in [0.29, 0.717) is 11.7 Å². The van der Waals surface area contributed by atoms with Crippen LogP contribution < -0.4 is 10.9 Å². The number of nitrogens with one attached hydrogen (secondary N) is 2. The fraction of sp³-hybridized carbons (Fsp3) is 0.400. The van der Waals surface area contributed by atoms with E-state index in [2.05, 4.69) is 17.8 Å². The van der Waals surface area contributed by atoms with E-state index in [1.165, 1.54) is 0 Å². The normalized spacial score (nSPS) is 27.8. The molecule has 1 aliphatic heterocycles. The molecule has 13 heavy (non-hydrogen) atoms. The summed E-state index contributed by atoms with van der Waals surface area (Å²) in [6, 6.07) is 7.69. The van der Waals surface area contributed by atoms with Crippen LogP contribution in [0, 0.1) is 5.92 Å². The van der Waals surface area contributed by atoms with Crippen molar-refractivity contribution in [2.24, 2.45) is 5.92 Å². The Balaban J connectivity index is 2.29. The van der Waals surface area contributed by atoms with Crippen molar-refractivity contribution >= 4 is 0 Å². The molecule has 3 heteroatoms. The van der Waals surface area contributed by atoms with Gasteiger partial charge in [0.05, 0.1) is 6.04 Å². The predicted molar refractivity (Wildman–Crippen MR) is 51.2 cm³/mol. The number of phenols is 1. The van der Waals surface area contributed by atoms with Crippen molar-refractivity contribution in [3.63, 3.8) is 0 Å². The van der Waals surface area contributed by atoms with Gasteiger partial charge in [-0.1, -0.05) is 25.1 Å². The molecule has 0 bridgehead atoms. The van der Waals surface area contributed by atoms with E-state index >= 15 is 0 Å². The first-order valence-corrected chi connectivity index (χ1v) is 4.55. The van der Waals surface area contributed by atoms with Gasteiger partial charge in [-0.05, 0) is 12.0 Å². The van der Waals surface area contributed by atoms with Gasteiger partial charge in [0.1, 0.15) is 5.75 Å². The monoisotopic (exact) mass is 178 g/mol. The first kappa shape index (κ1) is 8.53. The number of hydrogen-bond acceptors (Lipinski definition) is 3. The fourth-order valence-corrected chi connectivity index (χ4v) is 1.72. The third-order valence-corrected chi connectivity index (χ3v) is 2.52. The summed E-state index contributed by atoms with van der Waals surface area (Å²) in [5.74, 6) is 0.879. The topological polar surface area (TPSA) is 44.3 Å². The van der Waals surface area contributed by atoms with E-state index in [-0.39, 0.29) is 6.04 Å². The Kier molecular flexibility index (Phi) is 2.20. The number of phenolic OH excluding ortho intramolecular Hbond substituents is 1. The van der Waals surface area contributed by atoms with E-state index < -0.39 is 0 Å². The summed E-state index contributed by atoms with van der Waals surface area (Å²) in [5, 5.41) is 9.62. The molecule has 2 atom stereocenters. The molecule has 1 aromatic rings. The van der Waals surface area contributed by atoms with Gasteiger partial charge in [-0.3, -0.25) is 5.43 Å². The molecule has 0 aromatic heterocycles. The molecule has 1 heterocycles. The molecule has 1 saturated heterocycles. The minimum atomic E-state index is 0.223. The van der Waals surface area contributed by atoms with Gasteiger partial charge in [-0.15, -0.1) is 0 Å². The smallest absolute Gasteiger partial charge is 0.120 e. The Morgan fingerprint density at radius 3 is 2.77 bits per heavy atom. The second-order valence-corrected chi connectivity index (χ2v) is 3.54. The van der Waals surface area contributed by atoms with Crippen molar-refractivity contribution in [1.82, 2.24) is 10.9 Å². The highest BCUT2D eigenvalue weighted by molar-refractivity contribution is 5.35. The molecule has 0 aliphatic carbocycles. The third-order valence-electron chi connectivity index (χ3n) is 2.52. The van der Waals surface area contributed by atoms with Crippen LogP contribution in [0.15, 0.2) is 24.3 Å². The van der Waals surface area contributed by atoms with Gasteiger partial charge < -0.3 is 5.11 Å². The van der Waals surface area contributed by atoms with E-state index in [9.17, 15) is 5.11 Å². The summed E-state index contributed by atoms with van der Waals surface area (Å²) in [4.78, 5) is 0. The summed E-state index contributed by atoms with van der Waals surface area (Å²) in [6.45, 7) is 3.10. The lowest BCUT2D eigenvalue weighted by atomic mass is 9.96. The maximum Gasteiger partial charge on any atom is 0.120 e. The second kappa shape index (κ2) is 3.36. The van der Waals surface area contributed by atoms with Gasteiger partial charge in [0, 0.05) is 12.1 Å². The summed E-state index contributed by atoms with van der Waals surface area (Å²) in [6.07, 6.45) is 0. The zero-order chi connectivity index (χ0) is 9.26. The van der Waals surface area contributed by atoms with Crippen LogP contribution in [-0.2, 0) is 0 Å². The summed E-state index contributed by atoms with van der Waals surface area (Å²) in [7, 11) is 0. The molecule has 2 unspecified atom stereocenters. The standard InChI is InChI=1S/C10H14N2O/c1-7-6-11-12-10(7)8-4-2-3-5-9(8)13/h2-5,7,10-13H,6H2,1H3. The van der Waals surface area contributed by atoms with Crippen molar-refractivity contribution in [1.29, 1.82) is 0 Å². The predicted octanol–water partition coefficient (Wildman–Crippen LogP) is 1.18.